The Hall–Kier alpha value is -4.38. The molecule has 178 valence electrons. The summed E-state index contributed by atoms with van der Waals surface area (Å²) in [5.41, 5.74) is 0.923. The molecule has 0 aliphatic heterocycles. The lowest BCUT2D eigenvalue weighted by atomic mass is 10.1. The summed E-state index contributed by atoms with van der Waals surface area (Å²) >= 11 is 12.1. The molecule has 1 N–H and O–H groups in total. The number of amides is 1. The van der Waals surface area contributed by atoms with E-state index in [1.807, 2.05) is 48.5 Å². The molecule has 1 amide bonds. The fourth-order valence-electron chi connectivity index (χ4n) is 3.57. The van der Waals surface area contributed by atoms with Crippen molar-refractivity contribution in [3.63, 3.8) is 0 Å². The molecular formula is C27H17Cl2N3O4. The molecule has 0 aliphatic carbocycles. The minimum absolute atomic E-state index is 0.0319. The van der Waals surface area contributed by atoms with Crippen LogP contribution in [0.2, 0.25) is 10.0 Å². The van der Waals surface area contributed by atoms with E-state index in [1.165, 1.54) is 6.08 Å². The molecule has 0 saturated heterocycles. The van der Waals surface area contributed by atoms with Crippen molar-refractivity contribution in [3.05, 3.63) is 116 Å². The topological polar surface area (TPSA) is 105 Å². The van der Waals surface area contributed by atoms with Crippen LogP contribution in [-0.2, 0) is 11.4 Å². The quantitative estimate of drug-likeness (QED) is 0.121. The van der Waals surface area contributed by atoms with Gasteiger partial charge in [-0.25, -0.2) is 0 Å². The molecule has 7 nitrogen and oxygen atoms in total. The molecule has 0 bridgehead atoms. The zero-order chi connectivity index (χ0) is 25.7. The number of nitriles is 1. The van der Waals surface area contributed by atoms with Gasteiger partial charge in [0.2, 0.25) is 0 Å². The number of nitro groups is 1. The van der Waals surface area contributed by atoms with Gasteiger partial charge in [-0.1, -0.05) is 83.9 Å². The predicted molar refractivity (Wildman–Crippen MR) is 140 cm³/mol. The van der Waals surface area contributed by atoms with Crippen molar-refractivity contribution < 1.29 is 14.5 Å². The number of para-hydroxylation sites is 1. The van der Waals surface area contributed by atoms with Crippen LogP contribution >= 0.6 is 23.2 Å². The highest BCUT2D eigenvalue weighted by atomic mass is 35.5. The molecule has 9 heteroatoms. The normalized spacial score (nSPS) is 11.1. The van der Waals surface area contributed by atoms with Gasteiger partial charge in [0.05, 0.1) is 20.7 Å². The molecular weight excluding hydrogens is 501 g/mol. The highest BCUT2D eigenvalue weighted by Gasteiger charge is 2.19. The first-order valence-electron chi connectivity index (χ1n) is 10.6. The average molecular weight is 518 g/mol. The molecule has 0 aliphatic rings. The molecule has 4 aromatic rings. The lowest BCUT2D eigenvalue weighted by Crippen LogP contribution is -2.14. The maximum atomic E-state index is 12.8. The number of carbonyl (C=O) groups excluding carboxylic acids is 1. The van der Waals surface area contributed by atoms with Gasteiger partial charge in [0.15, 0.2) is 0 Å². The van der Waals surface area contributed by atoms with Crippen LogP contribution < -0.4 is 10.1 Å². The van der Waals surface area contributed by atoms with Crippen LogP contribution in [0.1, 0.15) is 11.1 Å². The summed E-state index contributed by atoms with van der Waals surface area (Å²) < 4.78 is 6.06. The Kier molecular flexibility index (Phi) is 7.50. The van der Waals surface area contributed by atoms with Gasteiger partial charge in [0, 0.05) is 17.7 Å². The number of nitrogens with one attached hydrogen (secondary N) is 1. The van der Waals surface area contributed by atoms with Crippen LogP contribution in [0.5, 0.6) is 5.75 Å². The fourth-order valence-corrected chi connectivity index (χ4v) is 4.14. The van der Waals surface area contributed by atoms with E-state index in [1.54, 1.807) is 24.3 Å². The fraction of sp³-hybridized carbons (Fsp3) is 0.0370. The molecule has 0 atom stereocenters. The summed E-state index contributed by atoms with van der Waals surface area (Å²) in [6, 6.07) is 24.9. The van der Waals surface area contributed by atoms with Gasteiger partial charge in [-0.3, -0.25) is 14.9 Å². The van der Waals surface area contributed by atoms with Crippen molar-refractivity contribution in [2.75, 3.05) is 5.32 Å². The summed E-state index contributed by atoms with van der Waals surface area (Å²) in [4.78, 5) is 23.1. The number of hydrogen-bond acceptors (Lipinski definition) is 5. The van der Waals surface area contributed by atoms with Crippen molar-refractivity contribution >= 4 is 57.3 Å². The number of nitro benzene ring substituents is 1. The SMILES string of the molecule is N#C/C(=C\c1ccccc1OCc1cccc2ccccc12)C(=O)Nc1c(Cl)cc([N+](=O)[O-])cc1Cl. The summed E-state index contributed by atoms with van der Waals surface area (Å²) in [6.07, 6.45) is 1.39. The Morgan fingerprint density at radius 3 is 2.42 bits per heavy atom. The first kappa shape index (κ1) is 24.7. The first-order valence-corrected chi connectivity index (χ1v) is 11.4. The van der Waals surface area contributed by atoms with Crippen LogP contribution in [0.3, 0.4) is 0 Å². The predicted octanol–water partition coefficient (Wildman–Crippen LogP) is 7.18. The molecule has 0 radical (unpaired) electrons. The molecule has 4 rings (SSSR count). The highest BCUT2D eigenvalue weighted by molar-refractivity contribution is 6.40. The van der Waals surface area contributed by atoms with E-state index < -0.39 is 10.8 Å². The van der Waals surface area contributed by atoms with E-state index in [2.05, 4.69) is 5.32 Å². The van der Waals surface area contributed by atoms with Crippen molar-refractivity contribution in [1.82, 2.24) is 0 Å². The molecule has 0 unspecified atom stereocenters. The second-order valence-electron chi connectivity index (χ2n) is 7.63. The monoisotopic (exact) mass is 517 g/mol. The summed E-state index contributed by atoms with van der Waals surface area (Å²) in [6.45, 7) is 0.286. The van der Waals surface area contributed by atoms with Crippen LogP contribution in [0.15, 0.2) is 84.4 Å². The number of nitrogens with zero attached hydrogens (tertiary/aromatic N) is 2. The Morgan fingerprint density at radius 2 is 1.69 bits per heavy atom. The van der Waals surface area contributed by atoms with E-state index >= 15 is 0 Å². The third kappa shape index (κ3) is 5.47. The number of non-ortho nitro benzene ring substituents is 1. The van der Waals surface area contributed by atoms with Gasteiger partial charge in [-0.2, -0.15) is 5.26 Å². The Bertz CT molecular complexity index is 1530. The Balaban J connectivity index is 1.57. The minimum atomic E-state index is -0.779. The maximum absolute atomic E-state index is 12.8. The lowest BCUT2D eigenvalue weighted by molar-refractivity contribution is -0.384. The first-order chi connectivity index (χ1) is 17.4. The van der Waals surface area contributed by atoms with Crippen LogP contribution in [0, 0.1) is 21.4 Å². The molecule has 0 spiro atoms. The van der Waals surface area contributed by atoms with Gasteiger partial charge >= 0.3 is 0 Å². The largest absolute Gasteiger partial charge is 0.488 e. The Morgan fingerprint density at radius 1 is 1.03 bits per heavy atom. The standard InChI is InChI=1S/C27H17Cl2N3O4/c28-23-13-21(32(34)35)14-24(29)26(23)31-27(33)20(15-30)12-18-7-2-4-11-25(18)36-16-19-9-5-8-17-6-1-3-10-22(17)19/h1-14H,16H2,(H,31,33)/b20-12+. The maximum Gasteiger partial charge on any atom is 0.272 e. The number of ether oxygens (including phenoxy) is 1. The third-order valence-corrected chi connectivity index (χ3v) is 5.92. The second kappa shape index (κ2) is 10.9. The number of halogens is 2. The second-order valence-corrected chi connectivity index (χ2v) is 8.44. The molecule has 0 aromatic heterocycles. The summed E-state index contributed by atoms with van der Waals surface area (Å²) in [7, 11) is 0. The van der Waals surface area contributed by atoms with E-state index in [9.17, 15) is 20.2 Å². The molecule has 36 heavy (non-hydrogen) atoms. The van der Waals surface area contributed by atoms with E-state index in [0.717, 1.165) is 28.5 Å². The van der Waals surface area contributed by atoms with Crippen molar-refractivity contribution in [3.8, 4) is 11.8 Å². The van der Waals surface area contributed by atoms with Crippen LogP contribution in [0.4, 0.5) is 11.4 Å². The van der Waals surface area contributed by atoms with Crippen LogP contribution in [0.25, 0.3) is 16.8 Å². The Labute approximate surface area is 216 Å². The lowest BCUT2D eigenvalue weighted by Gasteiger charge is -2.12. The number of hydrogen-bond donors (Lipinski definition) is 1. The molecule has 0 saturated carbocycles. The van der Waals surface area contributed by atoms with Gasteiger partial charge in [0.1, 0.15) is 24.0 Å². The number of rotatable bonds is 7. The number of fused-ring (bicyclic) bond motifs is 1. The van der Waals surface area contributed by atoms with Crippen LogP contribution in [-0.4, -0.2) is 10.8 Å². The third-order valence-electron chi connectivity index (χ3n) is 5.32. The van der Waals surface area contributed by atoms with Gasteiger partial charge in [-0.15, -0.1) is 0 Å². The smallest absolute Gasteiger partial charge is 0.272 e. The molecule has 0 fully saturated rings. The number of carbonyl (C=O) groups is 1. The van der Waals surface area contributed by atoms with E-state index in [0.29, 0.717) is 11.3 Å². The number of benzene rings is 4. The summed E-state index contributed by atoms with van der Waals surface area (Å²) in [5.74, 6) is -0.295. The number of anilines is 1. The van der Waals surface area contributed by atoms with Gasteiger partial charge < -0.3 is 10.1 Å². The van der Waals surface area contributed by atoms with E-state index in [-0.39, 0.29) is 33.6 Å². The van der Waals surface area contributed by atoms with Gasteiger partial charge in [0.25, 0.3) is 11.6 Å². The van der Waals surface area contributed by atoms with Crippen molar-refractivity contribution in [2.24, 2.45) is 0 Å². The van der Waals surface area contributed by atoms with Crippen molar-refractivity contribution in [1.29, 1.82) is 5.26 Å². The zero-order valence-corrected chi connectivity index (χ0v) is 20.1. The minimum Gasteiger partial charge on any atom is -0.488 e. The molecule has 0 heterocycles. The average Bonchev–Trinajstić information content (AvgIpc) is 2.88. The molecule has 4 aromatic carbocycles. The zero-order valence-electron chi connectivity index (χ0n) is 18.6. The van der Waals surface area contributed by atoms with Crippen molar-refractivity contribution in [2.45, 2.75) is 6.61 Å². The van der Waals surface area contributed by atoms with Gasteiger partial charge in [-0.05, 0) is 28.5 Å². The summed E-state index contributed by atoms with van der Waals surface area (Å²) in [5, 5.41) is 25.0. The highest BCUT2D eigenvalue weighted by Crippen LogP contribution is 2.35. The van der Waals surface area contributed by atoms with E-state index in [4.69, 9.17) is 27.9 Å².